The van der Waals surface area contributed by atoms with E-state index in [-0.39, 0.29) is 11.6 Å². The van der Waals surface area contributed by atoms with Gasteiger partial charge in [-0.15, -0.1) is 5.10 Å². The number of nitrogens with one attached hydrogen (secondary N) is 1. The van der Waals surface area contributed by atoms with Gasteiger partial charge in [-0.05, 0) is 17.7 Å². The average Bonchev–Trinajstić information content (AvgIpc) is 2.98. The Balaban J connectivity index is 1.65. The van der Waals surface area contributed by atoms with Crippen LogP contribution in [0.15, 0.2) is 30.5 Å². The zero-order valence-electron chi connectivity index (χ0n) is 12.0. The van der Waals surface area contributed by atoms with Crippen molar-refractivity contribution in [2.24, 2.45) is 5.73 Å². The predicted molar refractivity (Wildman–Crippen MR) is 82.5 cm³/mol. The highest BCUT2D eigenvalue weighted by molar-refractivity contribution is 6.30. The molecule has 1 heterocycles. The van der Waals surface area contributed by atoms with Crippen molar-refractivity contribution in [3.63, 3.8) is 0 Å². The van der Waals surface area contributed by atoms with E-state index in [1.165, 1.54) is 4.68 Å². The fraction of sp³-hybridized carbons (Fsp3) is 0.357. The third-order valence-electron chi connectivity index (χ3n) is 2.84. The van der Waals surface area contributed by atoms with Gasteiger partial charge in [-0.3, -0.25) is 9.48 Å². The minimum absolute atomic E-state index is 0.270. The van der Waals surface area contributed by atoms with Gasteiger partial charge in [0.25, 0.3) is 5.91 Å². The molecule has 1 aromatic carbocycles. The number of carbonyl (C=O) groups excluding carboxylic acids is 1. The molecule has 2 rings (SSSR count). The summed E-state index contributed by atoms with van der Waals surface area (Å²) in [6.07, 6.45) is 1.57. The van der Waals surface area contributed by atoms with E-state index in [2.05, 4.69) is 15.6 Å². The Bertz CT molecular complexity index is 600. The van der Waals surface area contributed by atoms with Crippen LogP contribution in [0.4, 0.5) is 0 Å². The first-order valence-electron chi connectivity index (χ1n) is 6.89. The van der Waals surface area contributed by atoms with E-state index >= 15 is 0 Å². The molecule has 0 atom stereocenters. The smallest absolute Gasteiger partial charge is 0.273 e. The first-order valence-corrected chi connectivity index (χ1v) is 7.27. The van der Waals surface area contributed by atoms with Crippen molar-refractivity contribution < 1.29 is 9.53 Å². The number of nitrogens with zero attached hydrogens (tertiary/aromatic N) is 3. The molecule has 0 unspecified atom stereocenters. The van der Waals surface area contributed by atoms with E-state index < -0.39 is 0 Å². The number of hydrogen-bond acceptors (Lipinski definition) is 5. The van der Waals surface area contributed by atoms with E-state index in [1.807, 2.05) is 24.3 Å². The molecule has 22 heavy (non-hydrogen) atoms. The Morgan fingerprint density at radius 3 is 2.86 bits per heavy atom. The van der Waals surface area contributed by atoms with Crippen LogP contribution in [0.2, 0.25) is 5.02 Å². The van der Waals surface area contributed by atoms with Gasteiger partial charge in [-0.25, -0.2) is 0 Å². The number of halogens is 1. The molecule has 0 fully saturated rings. The number of benzene rings is 1. The molecule has 0 aliphatic rings. The van der Waals surface area contributed by atoms with Gasteiger partial charge in [0.15, 0.2) is 5.69 Å². The highest BCUT2D eigenvalue weighted by Crippen LogP contribution is 2.09. The highest BCUT2D eigenvalue weighted by atomic mass is 35.5. The van der Waals surface area contributed by atoms with Gasteiger partial charge < -0.3 is 15.8 Å². The average molecular weight is 324 g/mol. The van der Waals surface area contributed by atoms with Gasteiger partial charge in [0, 0.05) is 18.1 Å². The maximum atomic E-state index is 11.8. The summed E-state index contributed by atoms with van der Waals surface area (Å²) in [6.45, 7) is 2.26. The molecule has 0 aliphatic carbocycles. The van der Waals surface area contributed by atoms with Crippen LogP contribution in [-0.2, 0) is 17.9 Å². The fourth-order valence-electron chi connectivity index (χ4n) is 1.74. The molecular formula is C14H18ClN5O2. The van der Waals surface area contributed by atoms with Gasteiger partial charge in [0.1, 0.15) is 0 Å². The number of ether oxygens (including phenoxy) is 1. The van der Waals surface area contributed by atoms with E-state index in [1.54, 1.807) is 6.20 Å². The summed E-state index contributed by atoms with van der Waals surface area (Å²) < 4.78 is 7.01. The molecule has 1 aromatic heterocycles. The summed E-state index contributed by atoms with van der Waals surface area (Å²) in [6, 6.07) is 7.42. The lowest BCUT2D eigenvalue weighted by molar-refractivity contribution is 0.0896. The van der Waals surface area contributed by atoms with Gasteiger partial charge in [-0.2, -0.15) is 0 Å². The second-order valence-electron chi connectivity index (χ2n) is 4.59. The zero-order valence-corrected chi connectivity index (χ0v) is 12.8. The largest absolute Gasteiger partial charge is 0.375 e. The quantitative estimate of drug-likeness (QED) is 0.702. The van der Waals surface area contributed by atoms with Gasteiger partial charge in [-0.1, -0.05) is 28.9 Å². The first-order chi connectivity index (χ1) is 10.7. The van der Waals surface area contributed by atoms with E-state index in [0.717, 1.165) is 5.56 Å². The molecule has 0 saturated carbocycles. The van der Waals surface area contributed by atoms with Crippen LogP contribution in [0.25, 0.3) is 0 Å². The molecule has 3 N–H and O–H groups in total. The lowest BCUT2D eigenvalue weighted by Crippen LogP contribution is -2.27. The Morgan fingerprint density at radius 1 is 1.36 bits per heavy atom. The molecular weight excluding hydrogens is 306 g/mol. The van der Waals surface area contributed by atoms with Gasteiger partial charge >= 0.3 is 0 Å². The van der Waals surface area contributed by atoms with Crippen molar-refractivity contribution in [3.05, 3.63) is 46.7 Å². The Hall–Kier alpha value is -1.96. The van der Waals surface area contributed by atoms with Crippen molar-refractivity contribution >= 4 is 17.5 Å². The number of carbonyl (C=O) groups is 1. The molecule has 118 valence electrons. The molecule has 0 spiro atoms. The SMILES string of the molecule is NCCn1cc(C(=O)NCCOCc2ccc(Cl)cc2)nn1. The van der Waals surface area contributed by atoms with Gasteiger partial charge in [0.2, 0.25) is 0 Å². The Morgan fingerprint density at radius 2 is 2.14 bits per heavy atom. The van der Waals surface area contributed by atoms with Crippen LogP contribution in [0, 0.1) is 0 Å². The maximum Gasteiger partial charge on any atom is 0.273 e. The first kappa shape index (κ1) is 16.4. The zero-order chi connectivity index (χ0) is 15.8. The molecule has 1 amide bonds. The summed E-state index contributed by atoms with van der Waals surface area (Å²) in [5, 5.41) is 11.0. The van der Waals surface area contributed by atoms with Crippen molar-refractivity contribution in [2.45, 2.75) is 13.2 Å². The standard InChI is InChI=1S/C14H18ClN5O2/c15-12-3-1-11(2-4-12)10-22-8-6-17-14(21)13-9-20(7-5-16)19-18-13/h1-4,9H,5-8,10,16H2,(H,17,21). The second-order valence-corrected chi connectivity index (χ2v) is 5.03. The van der Waals surface area contributed by atoms with E-state index in [4.69, 9.17) is 22.1 Å². The van der Waals surface area contributed by atoms with Crippen LogP contribution in [0.5, 0.6) is 0 Å². The topological polar surface area (TPSA) is 95.1 Å². The summed E-state index contributed by atoms with van der Waals surface area (Å²) in [5.41, 5.74) is 6.70. The molecule has 8 heteroatoms. The monoisotopic (exact) mass is 323 g/mol. The van der Waals surface area contributed by atoms with Crippen molar-refractivity contribution in [1.82, 2.24) is 20.3 Å². The molecule has 0 aliphatic heterocycles. The van der Waals surface area contributed by atoms with E-state index in [9.17, 15) is 4.79 Å². The summed E-state index contributed by atoms with van der Waals surface area (Å²) >= 11 is 5.80. The number of hydrogen-bond donors (Lipinski definition) is 2. The maximum absolute atomic E-state index is 11.8. The third kappa shape index (κ3) is 5.10. The minimum atomic E-state index is -0.279. The molecule has 7 nitrogen and oxygen atoms in total. The van der Waals surface area contributed by atoms with Crippen molar-refractivity contribution in [3.8, 4) is 0 Å². The third-order valence-corrected chi connectivity index (χ3v) is 3.10. The minimum Gasteiger partial charge on any atom is -0.375 e. The lowest BCUT2D eigenvalue weighted by atomic mass is 10.2. The van der Waals surface area contributed by atoms with Crippen LogP contribution >= 0.6 is 11.6 Å². The number of aromatic nitrogens is 3. The summed E-state index contributed by atoms with van der Waals surface area (Å²) in [7, 11) is 0. The van der Waals surface area contributed by atoms with Crippen LogP contribution in [0.3, 0.4) is 0 Å². The number of nitrogens with two attached hydrogens (primary N) is 1. The molecule has 0 saturated heterocycles. The number of amides is 1. The molecule has 2 aromatic rings. The second kappa shape index (κ2) is 8.47. The van der Waals surface area contributed by atoms with Crippen LogP contribution in [0.1, 0.15) is 16.1 Å². The fourth-order valence-corrected chi connectivity index (χ4v) is 1.87. The Labute approximate surface area is 133 Å². The van der Waals surface area contributed by atoms with Gasteiger partial charge in [0.05, 0.1) is 26.0 Å². The van der Waals surface area contributed by atoms with Crippen molar-refractivity contribution in [1.29, 1.82) is 0 Å². The summed E-state index contributed by atoms with van der Waals surface area (Å²) in [4.78, 5) is 11.8. The molecule has 0 radical (unpaired) electrons. The number of rotatable bonds is 8. The highest BCUT2D eigenvalue weighted by Gasteiger charge is 2.09. The lowest BCUT2D eigenvalue weighted by Gasteiger charge is -2.05. The van der Waals surface area contributed by atoms with Crippen LogP contribution in [-0.4, -0.2) is 40.6 Å². The normalized spacial score (nSPS) is 10.6. The van der Waals surface area contributed by atoms with Crippen LogP contribution < -0.4 is 11.1 Å². The van der Waals surface area contributed by atoms with Crippen molar-refractivity contribution in [2.75, 3.05) is 19.7 Å². The molecule has 0 bridgehead atoms. The van der Waals surface area contributed by atoms with E-state index in [0.29, 0.717) is 37.9 Å². The summed E-state index contributed by atoms with van der Waals surface area (Å²) in [5.74, 6) is -0.279. The Kier molecular flexibility index (Phi) is 6.32. The predicted octanol–water partition coefficient (Wildman–Crippen LogP) is 0.837.